The Balaban J connectivity index is 2.03. The number of carbonyl (C=O) groups excluding carboxylic acids is 2. The molecule has 5 nitrogen and oxygen atoms in total. The zero-order valence-electron chi connectivity index (χ0n) is 12.8. The molecule has 0 spiro atoms. The minimum Gasteiger partial charge on any atom is -0.375 e. The van der Waals surface area contributed by atoms with Crippen LogP contribution < -0.4 is 4.90 Å². The summed E-state index contributed by atoms with van der Waals surface area (Å²) in [6, 6.07) is 8.46. The SMILES string of the molecule is C=CCN1C(=O)[C@](O)(CC(=O)c2cccnc2)c2cc(Br)ccc21. The van der Waals surface area contributed by atoms with Crippen molar-refractivity contribution in [2.45, 2.75) is 12.0 Å². The number of aromatic nitrogens is 1. The zero-order chi connectivity index (χ0) is 17.3. The fourth-order valence-corrected chi connectivity index (χ4v) is 3.23. The molecule has 1 atom stereocenters. The molecule has 2 heterocycles. The molecule has 122 valence electrons. The number of nitrogens with zero attached hydrogens (tertiary/aromatic N) is 2. The van der Waals surface area contributed by atoms with Crippen LogP contribution in [-0.2, 0) is 10.4 Å². The Hall–Kier alpha value is -2.31. The van der Waals surface area contributed by atoms with Crippen molar-refractivity contribution in [1.82, 2.24) is 4.98 Å². The van der Waals surface area contributed by atoms with E-state index in [1.165, 1.54) is 11.1 Å². The number of aliphatic hydroxyl groups is 1. The van der Waals surface area contributed by atoms with E-state index in [1.807, 2.05) is 0 Å². The van der Waals surface area contributed by atoms with Crippen LogP contribution >= 0.6 is 15.9 Å². The van der Waals surface area contributed by atoms with Crippen LogP contribution in [0.1, 0.15) is 22.3 Å². The van der Waals surface area contributed by atoms with Crippen LogP contribution in [0.25, 0.3) is 0 Å². The number of amides is 1. The number of carbonyl (C=O) groups is 2. The lowest BCUT2D eigenvalue weighted by Crippen LogP contribution is -2.41. The van der Waals surface area contributed by atoms with E-state index in [-0.39, 0.29) is 18.7 Å². The van der Waals surface area contributed by atoms with Crippen molar-refractivity contribution in [3.05, 3.63) is 71.0 Å². The number of hydrogen-bond donors (Lipinski definition) is 1. The highest BCUT2D eigenvalue weighted by molar-refractivity contribution is 9.10. The fraction of sp³-hybridized carbons (Fsp3) is 0.167. The Morgan fingerprint density at radius 1 is 1.42 bits per heavy atom. The van der Waals surface area contributed by atoms with Gasteiger partial charge in [-0.2, -0.15) is 0 Å². The van der Waals surface area contributed by atoms with Crippen LogP contribution in [-0.4, -0.2) is 28.3 Å². The second kappa shape index (κ2) is 6.30. The first-order chi connectivity index (χ1) is 11.5. The number of halogens is 1. The van der Waals surface area contributed by atoms with Gasteiger partial charge >= 0.3 is 0 Å². The number of anilines is 1. The van der Waals surface area contributed by atoms with Crippen molar-refractivity contribution in [1.29, 1.82) is 0 Å². The Labute approximate surface area is 147 Å². The Kier molecular flexibility index (Phi) is 4.34. The molecule has 1 N–H and O–H groups in total. The molecule has 1 amide bonds. The van der Waals surface area contributed by atoms with E-state index in [9.17, 15) is 14.7 Å². The summed E-state index contributed by atoms with van der Waals surface area (Å²) in [7, 11) is 0. The largest absolute Gasteiger partial charge is 0.375 e. The summed E-state index contributed by atoms with van der Waals surface area (Å²) in [6.07, 6.45) is 4.23. The van der Waals surface area contributed by atoms with Gasteiger partial charge in [-0.15, -0.1) is 6.58 Å². The van der Waals surface area contributed by atoms with E-state index in [2.05, 4.69) is 27.5 Å². The van der Waals surface area contributed by atoms with E-state index in [4.69, 9.17) is 0 Å². The highest BCUT2D eigenvalue weighted by atomic mass is 79.9. The molecule has 6 heteroatoms. The maximum atomic E-state index is 12.8. The third kappa shape index (κ3) is 2.68. The first kappa shape index (κ1) is 16.5. The average molecular weight is 387 g/mol. The van der Waals surface area contributed by atoms with Crippen LogP contribution in [0.5, 0.6) is 0 Å². The van der Waals surface area contributed by atoms with Gasteiger partial charge in [0, 0.05) is 34.5 Å². The van der Waals surface area contributed by atoms with Crippen LogP contribution in [0, 0.1) is 0 Å². The van der Waals surface area contributed by atoms with Gasteiger partial charge in [-0.3, -0.25) is 14.6 Å². The van der Waals surface area contributed by atoms with E-state index in [1.54, 1.807) is 42.6 Å². The smallest absolute Gasteiger partial charge is 0.264 e. The van der Waals surface area contributed by atoms with Crippen molar-refractivity contribution in [2.75, 3.05) is 11.4 Å². The summed E-state index contributed by atoms with van der Waals surface area (Å²) in [4.78, 5) is 30.6. The van der Waals surface area contributed by atoms with Crippen LogP contribution in [0.15, 0.2) is 59.9 Å². The molecule has 0 unspecified atom stereocenters. The fourth-order valence-electron chi connectivity index (χ4n) is 2.87. The lowest BCUT2D eigenvalue weighted by molar-refractivity contribution is -0.135. The number of fused-ring (bicyclic) bond motifs is 1. The number of Topliss-reactive ketones (excluding diaryl/α,β-unsaturated/α-hetero) is 1. The normalized spacial score (nSPS) is 19.2. The summed E-state index contributed by atoms with van der Waals surface area (Å²) in [5.41, 5.74) is -0.530. The quantitative estimate of drug-likeness (QED) is 0.633. The topological polar surface area (TPSA) is 70.5 Å². The standard InChI is InChI=1S/C18H15BrN2O3/c1-2-8-21-15-6-5-13(19)9-14(15)18(24,17(21)23)10-16(22)12-4-3-7-20-11-12/h2-7,9,11,24H,1,8,10H2/t18-/m0/s1. The highest BCUT2D eigenvalue weighted by Gasteiger charge is 2.50. The Bertz CT molecular complexity index is 822. The van der Waals surface area contributed by atoms with Crippen LogP contribution in [0.2, 0.25) is 0 Å². The lowest BCUT2D eigenvalue weighted by Gasteiger charge is -2.22. The minimum absolute atomic E-state index is 0.261. The maximum Gasteiger partial charge on any atom is 0.264 e. The molecule has 1 aromatic carbocycles. The van der Waals surface area contributed by atoms with Crippen molar-refractivity contribution >= 4 is 33.3 Å². The van der Waals surface area contributed by atoms with Gasteiger partial charge in [0.25, 0.3) is 5.91 Å². The molecule has 0 saturated carbocycles. The molecule has 1 aliphatic heterocycles. The highest BCUT2D eigenvalue weighted by Crippen LogP contribution is 2.44. The van der Waals surface area contributed by atoms with Crippen LogP contribution in [0.4, 0.5) is 5.69 Å². The molecule has 24 heavy (non-hydrogen) atoms. The van der Waals surface area contributed by atoms with E-state index < -0.39 is 11.5 Å². The third-order valence-corrected chi connectivity index (χ3v) is 4.50. The third-order valence-electron chi connectivity index (χ3n) is 4.01. The monoisotopic (exact) mass is 386 g/mol. The van der Waals surface area contributed by atoms with Gasteiger partial charge in [0.2, 0.25) is 0 Å². The molecule has 0 fully saturated rings. The molecule has 1 aliphatic rings. The van der Waals surface area contributed by atoms with Gasteiger partial charge in [-0.1, -0.05) is 22.0 Å². The summed E-state index contributed by atoms with van der Waals surface area (Å²) < 4.78 is 0.724. The van der Waals surface area contributed by atoms with Gasteiger partial charge in [-0.05, 0) is 30.3 Å². The molecule has 3 rings (SSSR count). The van der Waals surface area contributed by atoms with Gasteiger partial charge in [0.1, 0.15) is 0 Å². The first-order valence-electron chi connectivity index (χ1n) is 7.36. The number of benzene rings is 1. The van der Waals surface area contributed by atoms with Crippen molar-refractivity contribution < 1.29 is 14.7 Å². The van der Waals surface area contributed by atoms with Gasteiger partial charge in [0.05, 0.1) is 12.1 Å². The average Bonchev–Trinajstić information content (AvgIpc) is 2.78. The number of pyridine rings is 1. The maximum absolute atomic E-state index is 12.8. The first-order valence-corrected chi connectivity index (χ1v) is 8.15. The second-order valence-electron chi connectivity index (χ2n) is 5.57. The predicted octanol–water partition coefficient (Wildman–Crippen LogP) is 2.84. The molecule has 0 aliphatic carbocycles. The van der Waals surface area contributed by atoms with Crippen LogP contribution in [0.3, 0.4) is 0 Å². The summed E-state index contributed by atoms with van der Waals surface area (Å²) in [5.74, 6) is -0.863. The van der Waals surface area contributed by atoms with E-state index >= 15 is 0 Å². The van der Waals surface area contributed by atoms with Crippen molar-refractivity contribution in [3.8, 4) is 0 Å². The van der Waals surface area contributed by atoms with Gasteiger partial charge in [-0.25, -0.2) is 0 Å². The summed E-state index contributed by atoms with van der Waals surface area (Å²) in [6.45, 7) is 3.91. The van der Waals surface area contributed by atoms with Gasteiger partial charge < -0.3 is 10.0 Å². The second-order valence-corrected chi connectivity index (χ2v) is 6.48. The molecule has 0 bridgehead atoms. The lowest BCUT2D eigenvalue weighted by atomic mass is 9.88. The Morgan fingerprint density at radius 2 is 2.21 bits per heavy atom. The molecular weight excluding hydrogens is 372 g/mol. The molecule has 2 aromatic rings. The minimum atomic E-state index is -1.89. The number of ketones is 1. The predicted molar refractivity (Wildman–Crippen MR) is 93.8 cm³/mol. The zero-order valence-corrected chi connectivity index (χ0v) is 14.4. The molecular formula is C18H15BrN2O3. The molecule has 0 radical (unpaired) electrons. The van der Waals surface area contributed by atoms with E-state index in [0.717, 1.165) is 4.47 Å². The summed E-state index contributed by atoms with van der Waals surface area (Å²) >= 11 is 3.35. The van der Waals surface area contributed by atoms with Crippen molar-refractivity contribution in [3.63, 3.8) is 0 Å². The van der Waals surface area contributed by atoms with Crippen molar-refractivity contribution in [2.24, 2.45) is 0 Å². The van der Waals surface area contributed by atoms with Gasteiger partial charge in [0.15, 0.2) is 11.4 Å². The Morgan fingerprint density at radius 3 is 2.88 bits per heavy atom. The number of rotatable bonds is 5. The summed E-state index contributed by atoms with van der Waals surface area (Å²) in [5, 5.41) is 11.1. The molecule has 0 saturated heterocycles. The molecule has 1 aromatic heterocycles. The number of hydrogen-bond acceptors (Lipinski definition) is 4. The van der Waals surface area contributed by atoms with E-state index in [0.29, 0.717) is 16.8 Å².